The summed E-state index contributed by atoms with van der Waals surface area (Å²) >= 11 is 4.86. The van der Waals surface area contributed by atoms with Crippen LogP contribution < -0.4 is 5.32 Å². The maximum atomic E-state index is 12.4. The van der Waals surface area contributed by atoms with E-state index in [0.717, 1.165) is 20.4 Å². The lowest BCUT2D eigenvalue weighted by Crippen LogP contribution is -2.18. The second-order valence-corrected chi connectivity index (χ2v) is 7.84. The fraction of sp³-hybridized carbons (Fsp3) is 0.105. The van der Waals surface area contributed by atoms with Crippen LogP contribution in [0.25, 0.3) is 10.9 Å². The highest BCUT2D eigenvalue weighted by molar-refractivity contribution is 9.10. The molecule has 1 amide bonds. The molecular formula is C19H15BrN4OS. The van der Waals surface area contributed by atoms with E-state index in [-0.39, 0.29) is 12.5 Å². The van der Waals surface area contributed by atoms with Gasteiger partial charge in [-0.05, 0) is 29.8 Å². The Balaban J connectivity index is 1.42. The molecular weight excluding hydrogens is 412 g/mol. The van der Waals surface area contributed by atoms with Crippen molar-refractivity contribution in [2.24, 2.45) is 0 Å². The van der Waals surface area contributed by atoms with Crippen LogP contribution in [0.4, 0.5) is 5.13 Å². The normalized spacial score (nSPS) is 11.0. The molecule has 0 bridgehead atoms. The number of hydrogen-bond donors (Lipinski definition) is 1. The monoisotopic (exact) mass is 426 g/mol. The summed E-state index contributed by atoms with van der Waals surface area (Å²) in [5.74, 6) is -0.118. The number of benzene rings is 2. The number of hydrogen-bond acceptors (Lipinski definition) is 4. The van der Waals surface area contributed by atoms with Crippen molar-refractivity contribution in [2.75, 3.05) is 5.32 Å². The summed E-state index contributed by atoms with van der Waals surface area (Å²) in [5.41, 5.74) is 2.19. The molecule has 2 aromatic heterocycles. The quantitative estimate of drug-likeness (QED) is 0.511. The zero-order valence-corrected chi connectivity index (χ0v) is 16.1. The number of fused-ring (bicyclic) bond motifs is 1. The van der Waals surface area contributed by atoms with Gasteiger partial charge in [-0.2, -0.15) is 0 Å². The number of rotatable bonds is 5. The number of halogens is 1. The topological polar surface area (TPSA) is 59.8 Å². The van der Waals surface area contributed by atoms with Gasteiger partial charge in [-0.1, -0.05) is 57.6 Å². The Morgan fingerprint density at radius 2 is 1.96 bits per heavy atom. The predicted molar refractivity (Wildman–Crippen MR) is 107 cm³/mol. The van der Waals surface area contributed by atoms with Gasteiger partial charge in [-0.15, -0.1) is 10.2 Å². The molecule has 0 aliphatic carbocycles. The van der Waals surface area contributed by atoms with E-state index in [4.69, 9.17) is 0 Å². The van der Waals surface area contributed by atoms with Crippen molar-refractivity contribution in [1.29, 1.82) is 0 Å². The molecule has 4 rings (SSSR count). The highest BCUT2D eigenvalue weighted by Gasteiger charge is 2.11. The van der Waals surface area contributed by atoms with Gasteiger partial charge in [0.2, 0.25) is 11.0 Å². The van der Waals surface area contributed by atoms with Gasteiger partial charge in [-0.25, -0.2) is 0 Å². The molecule has 26 heavy (non-hydrogen) atoms. The highest BCUT2D eigenvalue weighted by Crippen LogP contribution is 2.22. The largest absolute Gasteiger partial charge is 0.338 e. The van der Waals surface area contributed by atoms with E-state index in [1.807, 2.05) is 53.2 Å². The SMILES string of the molecule is O=C(Cn1ccc2cc(Br)ccc21)Nc1nnc(Cc2ccccc2)s1. The lowest BCUT2D eigenvalue weighted by molar-refractivity contribution is -0.116. The molecule has 0 saturated carbocycles. The van der Waals surface area contributed by atoms with Gasteiger partial charge in [0.05, 0.1) is 0 Å². The van der Waals surface area contributed by atoms with Crippen molar-refractivity contribution in [3.63, 3.8) is 0 Å². The van der Waals surface area contributed by atoms with E-state index >= 15 is 0 Å². The second kappa shape index (κ2) is 7.39. The fourth-order valence-corrected chi connectivity index (χ4v) is 3.94. The maximum absolute atomic E-state index is 12.4. The molecule has 5 nitrogen and oxygen atoms in total. The number of amides is 1. The molecule has 130 valence electrons. The first-order valence-electron chi connectivity index (χ1n) is 8.08. The van der Waals surface area contributed by atoms with Gasteiger partial charge in [0.1, 0.15) is 11.6 Å². The first-order valence-corrected chi connectivity index (χ1v) is 9.69. The second-order valence-electron chi connectivity index (χ2n) is 5.86. The number of nitrogens with zero attached hydrogens (tertiary/aromatic N) is 3. The van der Waals surface area contributed by atoms with Gasteiger partial charge in [-0.3, -0.25) is 10.1 Å². The summed E-state index contributed by atoms with van der Waals surface area (Å²) in [4.78, 5) is 12.4. The maximum Gasteiger partial charge on any atom is 0.246 e. The van der Waals surface area contributed by atoms with Gasteiger partial charge in [0.25, 0.3) is 0 Å². The smallest absolute Gasteiger partial charge is 0.246 e. The lowest BCUT2D eigenvalue weighted by Gasteiger charge is -2.05. The molecule has 2 heterocycles. The summed E-state index contributed by atoms with van der Waals surface area (Å²) in [5, 5.41) is 13.6. The van der Waals surface area contributed by atoms with Crippen molar-refractivity contribution >= 4 is 49.2 Å². The Labute approximate surface area is 162 Å². The highest BCUT2D eigenvalue weighted by atomic mass is 79.9. The van der Waals surface area contributed by atoms with Crippen LogP contribution in [-0.4, -0.2) is 20.7 Å². The Morgan fingerprint density at radius 3 is 2.81 bits per heavy atom. The molecule has 0 saturated heterocycles. The summed E-state index contributed by atoms with van der Waals surface area (Å²) < 4.78 is 2.94. The molecule has 0 radical (unpaired) electrons. The van der Waals surface area contributed by atoms with E-state index in [1.165, 1.54) is 16.9 Å². The Morgan fingerprint density at radius 1 is 1.12 bits per heavy atom. The zero-order valence-electron chi connectivity index (χ0n) is 13.7. The van der Waals surface area contributed by atoms with Crippen LogP contribution in [0, 0.1) is 0 Å². The van der Waals surface area contributed by atoms with Crippen LogP contribution in [-0.2, 0) is 17.8 Å². The molecule has 0 unspecified atom stereocenters. The number of nitrogens with one attached hydrogen (secondary N) is 1. The van der Waals surface area contributed by atoms with Crippen LogP contribution in [0.1, 0.15) is 10.6 Å². The van der Waals surface area contributed by atoms with Crippen LogP contribution in [0.2, 0.25) is 0 Å². The minimum atomic E-state index is -0.118. The summed E-state index contributed by atoms with van der Waals surface area (Å²) in [6.07, 6.45) is 2.63. The summed E-state index contributed by atoms with van der Waals surface area (Å²) in [6.45, 7) is 0.235. The molecule has 0 aliphatic heterocycles. The van der Waals surface area contributed by atoms with Gasteiger partial charge in [0, 0.05) is 28.0 Å². The Bertz CT molecular complexity index is 1060. The summed E-state index contributed by atoms with van der Waals surface area (Å²) in [7, 11) is 0. The Hall–Kier alpha value is -2.51. The van der Waals surface area contributed by atoms with Crippen LogP contribution in [0.15, 0.2) is 65.3 Å². The number of anilines is 1. The number of carbonyl (C=O) groups excluding carboxylic acids is 1. The van der Waals surface area contributed by atoms with Crippen molar-refractivity contribution in [2.45, 2.75) is 13.0 Å². The molecule has 0 fully saturated rings. The minimum Gasteiger partial charge on any atom is -0.338 e. The molecule has 4 aromatic rings. The lowest BCUT2D eigenvalue weighted by atomic mass is 10.2. The van der Waals surface area contributed by atoms with E-state index in [9.17, 15) is 4.79 Å². The molecule has 0 atom stereocenters. The van der Waals surface area contributed by atoms with E-state index in [1.54, 1.807) is 0 Å². The third kappa shape index (κ3) is 3.84. The van der Waals surface area contributed by atoms with E-state index in [0.29, 0.717) is 11.6 Å². The average Bonchev–Trinajstić information content (AvgIpc) is 3.22. The van der Waals surface area contributed by atoms with E-state index in [2.05, 4.69) is 43.6 Å². The third-order valence-corrected chi connectivity index (χ3v) is 5.29. The van der Waals surface area contributed by atoms with Crippen LogP contribution >= 0.6 is 27.3 Å². The molecule has 0 spiro atoms. The van der Waals surface area contributed by atoms with Crippen LogP contribution in [0.3, 0.4) is 0 Å². The van der Waals surface area contributed by atoms with Crippen molar-refractivity contribution in [3.8, 4) is 0 Å². The van der Waals surface area contributed by atoms with Crippen LogP contribution in [0.5, 0.6) is 0 Å². The zero-order chi connectivity index (χ0) is 17.9. The van der Waals surface area contributed by atoms with Gasteiger partial charge in [0.15, 0.2) is 0 Å². The minimum absolute atomic E-state index is 0.118. The van der Waals surface area contributed by atoms with Crippen molar-refractivity contribution in [1.82, 2.24) is 14.8 Å². The summed E-state index contributed by atoms with van der Waals surface area (Å²) in [6, 6.07) is 18.1. The van der Waals surface area contributed by atoms with E-state index < -0.39 is 0 Å². The Kier molecular flexibility index (Phi) is 4.81. The number of carbonyl (C=O) groups is 1. The van der Waals surface area contributed by atoms with Gasteiger partial charge >= 0.3 is 0 Å². The molecule has 7 heteroatoms. The first-order chi connectivity index (χ1) is 12.7. The fourth-order valence-electron chi connectivity index (χ4n) is 2.77. The first kappa shape index (κ1) is 16.9. The van der Waals surface area contributed by atoms with Gasteiger partial charge < -0.3 is 4.57 Å². The molecule has 1 N–H and O–H groups in total. The van der Waals surface area contributed by atoms with Crippen molar-refractivity contribution < 1.29 is 4.79 Å². The molecule has 0 aliphatic rings. The predicted octanol–water partition coefficient (Wildman–Crippen LogP) is 4.48. The standard InChI is InChI=1S/C19H15BrN4OS/c20-15-6-7-16-14(11-15)8-9-24(16)12-17(25)21-19-23-22-18(26-19)10-13-4-2-1-3-5-13/h1-9,11H,10,12H2,(H,21,23,25). The average molecular weight is 427 g/mol. The number of aromatic nitrogens is 3. The third-order valence-electron chi connectivity index (χ3n) is 3.96. The molecule has 2 aromatic carbocycles. The van der Waals surface area contributed by atoms with Crippen molar-refractivity contribution in [3.05, 3.63) is 75.8 Å².